The maximum Gasteiger partial charge on any atom is 0.135 e. The Morgan fingerprint density at radius 1 is 1.28 bits per heavy atom. The molecule has 0 aliphatic carbocycles. The van der Waals surface area contributed by atoms with Gasteiger partial charge in [0, 0.05) is 49.9 Å². The molecule has 1 fully saturated rings. The summed E-state index contributed by atoms with van der Waals surface area (Å²) in [5.74, 6) is 2.21. The molecule has 3 rings (SSSR count). The largest absolute Gasteiger partial charge is 0.492 e. The molecule has 2 aliphatic heterocycles. The molecule has 1 aromatic rings. The first-order valence-electron chi connectivity index (χ1n) is 5.93. The van der Waals surface area contributed by atoms with Gasteiger partial charge in [0.1, 0.15) is 11.6 Å². The second-order valence-corrected chi connectivity index (χ2v) is 4.41. The van der Waals surface area contributed by atoms with Crippen molar-refractivity contribution >= 4 is 30.6 Å². The van der Waals surface area contributed by atoms with E-state index in [1.165, 1.54) is 5.56 Å². The Morgan fingerprint density at radius 3 is 2.72 bits per heavy atom. The molecule has 4 nitrogen and oxygen atoms in total. The van der Waals surface area contributed by atoms with Crippen molar-refractivity contribution in [2.45, 2.75) is 13.3 Å². The van der Waals surface area contributed by atoms with Gasteiger partial charge < -0.3 is 15.0 Å². The highest BCUT2D eigenvalue weighted by atomic mass is 35.5. The van der Waals surface area contributed by atoms with Gasteiger partial charge in [-0.3, -0.25) is 0 Å². The Morgan fingerprint density at radius 2 is 2.00 bits per heavy atom. The lowest BCUT2D eigenvalue weighted by Crippen LogP contribution is -2.44. The maximum absolute atomic E-state index is 5.68. The molecule has 0 unspecified atom stereocenters. The van der Waals surface area contributed by atoms with E-state index >= 15 is 0 Å². The van der Waals surface area contributed by atoms with Crippen LogP contribution >= 0.6 is 24.8 Å². The van der Waals surface area contributed by atoms with Crippen LogP contribution in [0.5, 0.6) is 5.75 Å². The van der Waals surface area contributed by atoms with Crippen LogP contribution in [-0.2, 0) is 6.42 Å². The van der Waals surface area contributed by atoms with Crippen molar-refractivity contribution in [2.75, 3.05) is 37.7 Å². The maximum atomic E-state index is 5.68. The van der Waals surface area contributed by atoms with Crippen molar-refractivity contribution in [3.8, 4) is 5.75 Å². The predicted octanol–water partition coefficient (Wildman–Crippen LogP) is 1.58. The molecule has 0 atom stereocenters. The molecule has 102 valence electrons. The van der Waals surface area contributed by atoms with Crippen LogP contribution in [0.1, 0.15) is 11.1 Å². The smallest absolute Gasteiger partial charge is 0.135 e. The van der Waals surface area contributed by atoms with Crippen molar-refractivity contribution in [2.24, 2.45) is 0 Å². The van der Waals surface area contributed by atoms with Crippen LogP contribution in [-0.4, -0.2) is 37.8 Å². The summed E-state index contributed by atoms with van der Waals surface area (Å²) in [5, 5.41) is 3.36. The van der Waals surface area contributed by atoms with Gasteiger partial charge in [-0.25, -0.2) is 4.98 Å². The van der Waals surface area contributed by atoms with Gasteiger partial charge in [-0.1, -0.05) is 0 Å². The number of aromatic nitrogens is 1. The standard InChI is InChI=1S/C12H17N3O.2ClH/c1-9-8-14-12(10-2-7-16-11(9)10)15-5-3-13-4-6-15;;/h8,13H,2-7H2,1H3;2*1H. The van der Waals surface area contributed by atoms with Crippen molar-refractivity contribution in [3.63, 3.8) is 0 Å². The van der Waals surface area contributed by atoms with Crippen molar-refractivity contribution in [3.05, 3.63) is 17.3 Å². The number of anilines is 1. The van der Waals surface area contributed by atoms with E-state index in [9.17, 15) is 0 Å². The fourth-order valence-corrected chi connectivity index (χ4v) is 2.46. The molecule has 3 heterocycles. The zero-order chi connectivity index (χ0) is 11.0. The van der Waals surface area contributed by atoms with E-state index in [0.29, 0.717) is 0 Å². The van der Waals surface area contributed by atoms with Crippen LogP contribution < -0.4 is 15.0 Å². The second kappa shape index (κ2) is 6.45. The van der Waals surface area contributed by atoms with E-state index < -0.39 is 0 Å². The minimum absolute atomic E-state index is 0. The summed E-state index contributed by atoms with van der Waals surface area (Å²) in [6.45, 7) is 7.06. The normalized spacial score (nSPS) is 17.3. The lowest BCUT2D eigenvalue weighted by atomic mass is 10.1. The number of nitrogens with zero attached hydrogens (tertiary/aromatic N) is 2. The van der Waals surface area contributed by atoms with E-state index in [0.717, 1.165) is 56.3 Å². The number of ether oxygens (including phenoxy) is 1. The number of piperazine rings is 1. The van der Waals surface area contributed by atoms with E-state index in [4.69, 9.17) is 4.74 Å². The molecule has 1 aromatic heterocycles. The molecule has 0 radical (unpaired) electrons. The molecule has 2 aliphatic rings. The van der Waals surface area contributed by atoms with E-state index in [1.807, 2.05) is 6.20 Å². The molecule has 1 N–H and O–H groups in total. The summed E-state index contributed by atoms with van der Waals surface area (Å²) in [7, 11) is 0. The Hall–Kier alpha value is -0.710. The summed E-state index contributed by atoms with van der Waals surface area (Å²) in [6.07, 6.45) is 2.94. The molecular weight excluding hydrogens is 273 g/mol. The highest BCUT2D eigenvalue weighted by Crippen LogP contribution is 2.34. The van der Waals surface area contributed by atoms with Gasteiger partial charge in [-0.2, -0.15) is 0 Å². The Balaban J connectivity index is 0.000000810. The zero-order valence-electron chi connectivity index (χ0n) is 10.4. The van der Waals surface area contributed by atoms with Gasteiger partial charge >= 0.3 is 0 Å². The first-order valence-corrected chi connectivity index (χ1v) is 5.93. The lowest BCUT2D eigenvalue weighted by molar-refractivity contribution is 0.354. The minimum Gasteiger partial charge on any atom is -0.492 e. The number of halogens is 2. The zero-order valence-corrected chi connectivity index (χ0v) is 12.1. The number of aryl methyl sites for hydroxylation is 1. The number of fused-ring (bicyclic) bond motifs is 1. The van der Waals surface area contributed by atoms with Gasteiger partial charge in [-0.05, 0) is 6.92 Å². The first kappa shape index (κ1) is 15.3. The van der Waals surface area contributed by atoms with Crippen molar-refractivity contribution in [1.29, 1.82) is 0 Å². The van der Waals surface area contributed by atoms with Gasteiger partial charge in [0.25, 0.3) is 0 Å². The van der Waals surface area contributed by atoms with Crippen LogP contribution in [0.4, 0.5) is 5.82 Å². The Labute approximate surface area is 120 Å². The minimum atomic E-state index is 0. The molecule has 1 saturated heterocycles. The van der Waals surface area contributed by atoms with Gasteiger partial charge in [0.05, 0.1) is 6.61 Å². The van der Waals surface area contributed by atoms with E-state index in [1.54, 1.807) is 0 Å². The summed E-state index contributed by atoms with van der Waals surface area (Å²) in [4.78, 5) is 6.96. The van der Waals surface area contributed by atoms with Crippen molar-refractivity contribution in [1.82, 2.24) is 10.3 Å². The topological polar surface area (TPSA) is 37.4 Å². The lowest BCUT2D eigenvalue weighted by Gasteiger charge is -2.29. The first-order chi connectivity index (χ1) is 7.86. The third kappa shape index (κ3) is 2.66. The van der Waals surface area contributed by atoms with E-state index in [2.05, 4.69) is 22.1 Å². The molecule has 0 spiro atoms. The van der Waals surface area contributed by atoms with E-state index in [-0.39, 0.29) is 24.8 Å². The molecule has 18 heavy (non-hydrogen) atoms. The molecule has 0 amide bonds. The van der Waals surface area contributed by atoms with Crippen LogP contribution in [0.15, 0.2) is 6.20 Å². The van der Waals surface area contributed by atoms with Crippen LogP contribution in [0, 0.1) is 6.92 Å². The third-order valence-corrected chi connectivity index (χ3v) is 3.30. The van der Waals surface area contributed by atoms with Gasteiger partial charge in [-0.15, -0.1) is 24.8 Å². The summed E-state index contributed by atoms with van der Waals surface area (Å²) in [6, 6.07) is 0. The summed E-state index contributed by atoms with van der Waals surface area (Å²) < 4.78 is 5.68. The Bertz CT molecular complexity index is 409. The molecule has 0 aromatic carbocycles. The third-order valence-electron chi connectivity index (χ3n) is 3.30. The average Bonchev–Trinajstić information content (AvgIpc) is 2.81. The van der Waals surface area contributed by atoms with Crippen LogP contribution in [0.3, 0.4) is 0 Å². The van der Waals surface area contributed by atoms with Crippen LogP contribution in [0.2, 0.25) is 0 Å². The molecule has 6 heteroatoms. The Kier molecular flexibility index (Phi) is 5.50. The highest BCUT2D eigenvalue weighted by molar-refractivity contribution is 5.85. The number of pyridine rings is 1. The van der Waals surface area contributed by atoms with Gasteiger partial charge in [0.15, 0.2) is 0 Å². The van der Waals surface area contributed by atoms with Crippen molar-refractivity contribution < 1.29 is 4.74 Å². The second-order valence-electron chi connectivity index (χ2n) is 4.41. The SMILES string of the molecule is Cc1cnc(N2CCNCC2)c2c1OCC2.Cl.Cl. The molecule has 0 saturated carbocycles. The quantitative estimate of drug-likeness (QED) is 0.853. The fourth-order valence-electron chi connectivity index (χ4n) is 2.46. The number of hydrogen-bond donors (Lipinski definition) is 1. The molecule has 0 bridgehead atoms. The summed E-state index contributed by atoms with van der Waals surface area (Å²) in [5.41, 5.74) is 2.47. The summed E-state index contributed by atoms with van der Waals surface area (Å²) >= 11 is 0. The monoisotopic (exact) mass is 291 g/mol. The van der Waals surface area contributed by atoms with Crippen LogP contribution in [0.25, 0.3) is 0 Å². The number of nitrogens with one attached hydrogen (secondary N) is 1. The number of rotatable bonds is 1. The predicted molar refractivity (Wildman–Crippen MR) is 77.8 cm³/mol. The molecular formula is C12H19Cl2N3O. The van der Waals surface area contributed by atoms with Gasteiger partial charge in [0.2, 0.25) is 0 Å². The average molecular weight is 292 g/mol. The highest BCUT2D eigenvalue weighted by Gasteiger charge is 2.23. The number of hydrogen-bond acceptors (Lipinski definition) is 4. The fraction of sp³-hybridized carbons (Fsp3) is 0.583.